The maximum Gasteiger partial charge on any atom is 0.310 e. The van der Waals surface area contributed by atoms with Crippen molar-refractivity contribution in [1.29, 1.82) is 10.5 Å². The van der Waals surface area contributed by atoms with E-state index in [2.05, 4.69) is 22.1 Å². The number of benzene rings is 4. The molecule has 6 rings (SSSR count). The third-order valence-electron chi connectivity index (χ3n) is 7.68. The summed E-state index contributed by atoms with van der Waals surface area (Å²) in [7, 11) is 0. The number of anilines is 1. The van der Waals surface area contributed by atoms with Crippen molar-refractivity contribution >= 4 is 46.0 Å². The molecular formula is C40H35N5O4. The summed E-state index contributed by atoms with van der Waals surface area (Å²) in [5.74, 6) is -0.153. The number of hydrogen-bond donors (Lipinski definition) is 1. The van der Waals surface area contributed by atoms with Crippen LogP contribution in [0.1, 0.15) is 72.6 Å². The number of esters is 1. The normalized spacial score (nSPS) is 13.8. The molecule has 0 aliphatic carbocycles. The van der Waals surface area contributed by atoms with Crippen molar-refractivity contribution in [3.63, 3.8) is 0 Å². The van der Waals surface area contributed by atoms with E-state index in [4.69, 9.17) is 21.0 Å². The van der Waals surface area contributed by atoms with Crippen LogP contribution in [0.2, 0.25) is 0 Å². The number of hydrogen-bond acceptors (Lipinski definition) is 9. The fourth-order valence-corrected chi connectivity index (χ4v) is 5.56. The van der Waals surface area contributed by atoms with Gasteiger partial charge in [-0.2, -0.15) is 10.5 Å². The first-order chi connectivity index (χ1) is 23.4. The minimum atomic E-state index is -0.532. The van der Waals surface area contributed by atoms with Crippen LogP contribution in [-0.2, 0) is 38.4 Å². The Bertz CT molecular complexity index is 2110. The lowest BCUT2D eigenvalue weighted by Gasteiger charge is -2.19. The lowest BCUT2D eigenvalue weighted by atomic mass is 10.00. The topological polar surface area (TPSA) is 159 Å². The van der Waals surface area contributed by atoms with Crippen molar-refractivity contribution in [2.24, 2.45) is 9.98 Å². The summed E-state index contributed by atoms with van der Waals surface area (Å²) < 4.78 is 5.37. The molecule has 0 spiro atoms. The zero-order valence-corrected chi connectivity index (χ0v) is 27.6. The molecule has 9 heteroatoms. The average Bonchev–Trinajstić information content (AvgIpc) is 3.33. The maximum absolute atomic E-state index is 12.5. The van der Waals surface area contributed by atoms with Crippen LogP contribution < -0.4 is 5.73 Å². The zero-order chi connectivity index (χ0) is 35.1. The van der Waals surface area contributed by atoms with Crippen LogP contribution in [0.4, 0.5) is 17.1 Å². The maximum atomic E-state index is 12.5. The highest BCUT2D eigenvalue weighted by Gasteiger charge is 2.21. The van der Waals surface area contributed by atoms with Gasteiger partial charge in [-0.05, 0) is 97.1 Å². The Labute approximate surface area is 285 Å². The highest BCUT2D eigenvalue weighted by Crippen LogP contribution is 2.29. The van der Waals surface area contributed by atoms with E-state index in [0.29, 0.717) is 34.7 Å². The molecule has 244 valence electrons. The largest absolute Gasteiger partial charge is 0.460 e. The second-order valence-corrected chi connectivity index (χ2v) is 12.9. The molecule has 2 heterocycles. The first-order valence-electron chi connectivity index (χ1n) is 15.8. The molecule has 49 heavy (non-hydrogen) atoms. The van der Waals surface area contributed by atoms with Gasteiger partial charge < -0.3 is 10.5 Å². The molecule has 2 aliphatic rings. The Hall–Kier alpha value is -6.19. The molecule has 9 nitrogen and oxygen atoms in total. The van der Waals surface area contributed by atoms with Gasteiger partial charge in [-0.3, -0.25) is 24.4 Å². The van der Waals surface area contributed by atoms with Gasteiger partial charge in [0.2, 0.25) is 0 Å². The second kappa shape index (κ2) is 14.7. The Morgan fingerprint density at radius 2 is 1.24 bits per heavy atom. The molecule has 4 aromatic rings. The van der Waals surface area contributed by atoms with E-state index in [1.807, 2.05) is 57.2 Å². The quantitative estimate of drug-likeness (QED) is 0.187. The summed E-state index contributed by atoms with van der Waals surface area (Å²) in [6, 6.07) is 29.4. The number of carbonyl (C=O) groups is 3. The molecule has 0 bridgehead atoms. The van der Waals surface area contributed by atoms with E-state index in [1.54, 1.807) is 48.5 Å². The van der Waals surface area contributed by atoms with E-state index in [-0.39, 0.29) is 43.2 Å². The number of Topliss-reactive ketones (excluding diaryl/α,β-unsaturated/α-hetero) is 2. The van der Waals surface area contributed by atoms with Crippen LogP contribution in [-0.4, -0.2) is 34.6 Å². The van der Waals surface area contributed by atoms with E-state index in [1.165, 1.54) is 0 Å². The van der Waals surface area contributed by atoms with Gasteiger partial charge in [-0.1, -0.05) is 36.4 Å². The standard InChI is InChI=1S/C23H22N2O3.C17H13N3O/c1-23(2,3)28-22(27)11-15-7-8-20-18(9-15)12-19(26)13-21(25-20)17-6-4-5-16(10-17)14-24;18-10-11-2-1-3-12(6-11)17-9-15(21)8-13-7-14(19)4-5-16(13)20-17/h4-10H,11-13H2,1-3H3;1-7H,8-9,19H2. The van der Waals surface area contributed by atoms with Crippen molar-refractivity contribution in [3.8, 4) is 12.1 Å². The molecule has 4 aromatic carbocycles. The molecule has 0 atom stereocenters. The summed E-state index contributed by atoms with van der Waals surface area (Å²) in [5, 5.41) is 18.1. The van der Waals surface area contributed by atoms with Gasteiger partial charge >= 0.3 is 5.97 Å². The number of nitriles is 2. The van der Waals surface area contributed by atoms with E-state index < -0.39 is 5.60 Å². The van der Waals surface area contributed by atoms with Gasteiger partial charge in [0.05, 0.1) is 52.5 Å². The summed E-state index contributed by atoms with van der Waals surface area (Å²) in [5.41, 5.74) is 13.8. The van der Waals surface area contributed by atoms with Crippen LogP contribution >= 0.6 is 0 Å². The number of nitrogens with two attached hydrogens (primary N) is 1. The van der Waals surface area contributed by atoms with Crippen molar-refractivity contribution in [2.75, 3.05) is 5.73 Å². The third kappa shape index (κ3) is 9.21. The molecule has 0 fully saturated rings. The van der Waals surface area contributed by atoms with Crippen LogP contribution in [0.5, 0.6) is 0 Å². The van der Waals surface area contributed by atoms with E-state index >= 15 is 0 Å². The van der Waals surface area contributed by atoms with Gasteiger partial charge in [-0.25, -0.2) is 0 Å². The monoisotopic (exact) mass is 649 g/mol. The first kappa shape index (κ1) is 34.2. The number of ketones is 2. The summed E-state index contributed by atoms with van der Waals surface area (Å²) >= 11 is 0. The average molecular weight is 650 g/mol. The van der Waals surface area contributed by atoms with Gasteiger partial charge in [0.25, 0.3) is 0 Å². The molecule has 0 unspecified atom stereocenters. The minimum Gasteiger partial charge on any atom is -0.460 e. The minimum absolute atomic E-state index is 0.0503. The van der Waals surface area contributed by atoms with E-state index in [9.17, 15) is 14.4 Å². The fourth-order valence-electron chi connectivity index (χ4n) is 5.56. The van der Waals surface area contributed by atoms with Crippen molar-refractivity contribution in [2.45, 2.75) is 58.5 Å². The Balaban J connectivity index is 0.000000199. The highest BCUT2D eigenvalue weighted by molar-refractivity contribution is 6.14. The van der Waals surface area contributed by atoms with Gasteiger partial charge in [0.15, 0.2) is 0 Å². The SMILES string of the molecule is CC(C)(C)OC(=O)Cc1ccc2c(c1)CC(=O)CC(c1cccc(C#N)c1)=N2.N#Cc1cccc(C2=Nc3ccc(N)cc3CC(=O)C2)c1. The lowest BCUT2D eigenvalue weighted by Crippen LogP contribution is -2.24. The van der Waals surface area contributed by atoms with Gasteiger partial charge in [0, 0.05) is 31.4 Å². The van der Waals surface area contributed by atoms with Crippen LogP contribution in [0.15, 0.2) is 94.9 Å². The van der Waals surface area contributed by atoms with E-state index in [0.717, 1.165) is 39.2 Å². The molecular weight excluding hydrogens is 614 g/mol. The number of nitrogen functional groups attached to an aromatic ring is 1. The third-order valence-corrected chi connectivity index (χ3v) is 7.68. The molecule has 0 aromatic heterocycles. The molecule has 2 N–H and O–H groups in total. The number of aliphatic imine (C=N–C) groups is 2. The molecule has 2 aliphatic heterocycles. The Kier molecular flexibility index (Phi) is 10.3. The number of rotatable bonds is 4. The number of nitrogens with zero attached hydrogens (tertiary/aromatic N) is 4. The predicted molar refractivity (Wildman–Crippen MR) is 188 cm³/mol. The fraction of sp³-hybridized carbons (Fsp3) is 0.225. The predicted octanol–water partition coefficient (Wildman–Crippen LogP) is 6.86. The first-order valence-corrected chi connectivity index (χ1v) is 15.8. The van der Waals surface area contributed by atoms with Crippen molar-refractivity contribution < 1.29 is 19.1 Å². The molecule has 0 saturated heterocycles. The van der Waals surface area contributed by atoms with Crippen molar-refractivity contribution in [1.82, 2.24) is 0 Å². The van der Waals surface area contributed by atoms with Crippen molar-refractivity contribution in [3.05, 3.63) is 124 Å². The summed E-state index contributed by atoms with van der Waals surface area (Å²) in [6.45, 7) is 5.49. The number of fused-ring (bicyclic) bond motifs is 2. The smallest absolute Gasteiger partial charge is 0.310 e. The van der Waals surface area contributed by atoms with Gasteiger partial charge in [-0.15, -0.1) is 0 Å². The zero-order valence-electron chi connectivity index (χ0n) is 27.6. The number of carbonyl (C=O) groups excluding carboxylic acids is 3. The second-order valence-electron chi connectivity index (χ2n) is 12.9. The highest BCUT2D eigenvalue weighted by atomic mass is 16.6. The van der Waals surface area contributed by atoms with Crippen LogP contribution in [0, 0.1) is 22.7 Å². The molecule has 0 amide bonds. The summed E-state index contributed by atoms with van der Waals surface area (Å²) in [4.78, 5) is 46.0. The van der Waals surface area contributed by atoms with Crippen LogP contribution in [0.3, 0.4) is 0 Å². The molecule has 0 saturated carbocycles. The lowest BCUT2D eigenvalue weighted by molar-refractivity contribution is -0.153. The van der Waals surface area contributed by atoms with Crippen LogP contribution in [0.25, 0.3) is 0 Å². The Morgan fingerprint density at radius 3 is 1.76 bits per heavy atom. The number of ether oxygens (including phenoxy) is 1. The Morgan fingerprint density at radius 1 is 0.735 bits per heavy atom. The van der Waals surface area contributed by atoms with Gasteiger partial charge in [0.1, 0.15) is 17.2 Å². The molecule has 0 radical (unpaired) electrons. The summed E-state index contributed by atoms with van der Waals surface area (Å²) in [6.07, 6.45) is 1.24.